The Balaban J connectivity index is 1.64. The van der Waals surface area contributed by atoms with E-state index in [4.69, 9.17) is 9.73 Å². The summed E-state index contributed by atoms with van der Waals surface area (Å²) < 4.78 is 5.10. The summed E-state index contributed by atoms with van der Waals surface area (Å²) >= 11 is 0. The minimum Gasteiger partial charge on any atom is -0.450 e. The number of nitrogens with one attached hydrogen (secondary N) is 1. The zero-order valence-electron chi connectivity index (χ0n) is 18.1. The van der Waals surface area contributed by atoms with E-state index in [0.29, 0.717) is 52.3 Å². The van der Waals surface area contributed by atoms with E-state index >= 15 is 0 Å². The van der Waals surface area contributed by atoms with Gasteiger partial charge in [-0.25, -0.2) is 9.79 Å². The lowest BCUT2D eigenvalue weighted by atomic mass is 10.1. The van der Waals surface area contributed by atoms with E-state index in [-0.39, 0.29) is 12.0 Å². The SMILES string of the molecule is CCNC(=NCc1ccccc1CN1CCCC1=O)N1CCN(C(=O)OCC)CC1. The Bertz CT molecular complexity index is 759. The first kappa shape index (κ1) is 21.9. The van der Waals surface area contributed by atoms with Gasteiger partial charge in [-0.1, -0.05) is 24.3 Å². The number of likely N-dealkylation sites (tertiary alicyclic amines) is 1. The standard InChI is InChI=1S/C22H33N5O3/c1-3-23-21(25-12-14-26(15-13-25)22(29)30-4-2)24-16-18-8-5-6-9-19(18)17-27-11-7-10-20(27)28/h5-6,8-9H,3-4,7,10-17H2,1-2H3,(H,23,24). The highest BCUT2D eigenvalue weighted by molar-refractivity contribution is 5.80. The molecule has 164 valence electrons. The lowest BCUT2D eigenvalue weighted by Gasteiger charge is -2.36. The number of aliphatic imine (C=N–C) groups is 1. The van der Waals surface area contributed by atoms with Gasteiger partial charge < -0.3 is 24.8 Å². The monoisotopic (exact) mass is 415 g/mol. The molecule has 0 aromatic heterocycles. The summed E-state index contributed by atoms with van der Waals surface area (Å²) in [5, 5.41) is 3.37. The predicted molar refractivity (Wildman–Crippen MR) is 116 cm³/mol. The molecule has 2 aliphatic heterocycles. The third-order valence-corrected chi connectivity index (χ3v) is 5.49. The molecule has 8 heteroatoms. The molecule has 0 radical (unpaired) electrons. The van der Waals surface area contributed by atoms with Crippen molar-refractivity contribution in [1.82, 2.24) is 20.0 Å². The maximum absolute atomic E-state index is 12.0. The lowest BCUT2D eigenvalue weighted by molar-refractivity contribution is -0.128. The number of guanidine groups is 1. The molecule has 2 heterocycles. The normalized spacial score (nSPS) is 17.5. The van der Waals surface area contributed by atoms with Crippen molar-refractivity contribution in [2.45, 2.75) is 39.8 Å². The van der Waals surface area contributed by atoms with E-state index < -0.39 is 0 Å². The number of carbonyl (C=O) groups excluding carboxylic acids is 2. The molecule has 30 heavy (non-hydrogen) atoms. The minimum atomic E-state index is -0.246. The third kappa shape index (κ3) is 5.64. The summed E-state index contributed by atoms with van der Waals surface area (Å²) in [4.78, 5) is 34.7. The molecule has 3 rings (SSSR count). The second kappa shape index (κ2) is 10.8. The predicted octanol–water partition coefficient (Wildman–Crippen LogP) is 2.05. The van der Waals surface area contributed by atoms with Crippen LogP contribution in [0.15, 0.2) is 29.3 Å². The van der Waals surface area contributed by atoms with Crippen LogP contribution in [-0.2, 0) is 22.6 Å². The molecule has 0 unspecified atom stereocenters. The smallest absolute Gasteiger partial charge is 0.409 e. The van der Waals surface area contributed by atoms with Crippen molar-refractivity contribution < 1.29 is 14.3 Å². The number of nitrogens with zero attached hydrogens (tertiary/aromatic N) is 4. The average Bonchev–Trinajstić information content (AvgIpc) is 3.17. The van der Waals surface area contributed by atoms with E-state index in [1.165, 1.54) is 0 Å². The molecular weight excluding hydrogens is 382 g/mol. The van der Waals surface area contributed by atoms with Gasteiger partial charge in [-0.3, -0.25) is 4.79 Å². The van der Waals surface area contributed by atoms with Crippen LogP contribution in [0.4, 0.5) is 4.79 Å². The van der Waals surface area contributed by atoms with Crippen LogP contribution in [0.25, 0.3) is 0 Å². The molecule has 0 spiro atoms. The van der Waals surface area contributed by atoms with Gasteiger partial charge in [-0.05, 0) is 31.4 Å². The lowest BCUT2D eigenvalue weighted by Crippen LogP contribution is -2.53. The first-order valence-electron chi connectivity index (χ1n) is 10.9. The van der Waals surface area contributed by atoms with Crippen molar-refractivity contribution in [2.75, 3.05) is 45.9 Å². The van der Waals surface area contributed by atoms with Gasteiger partial charge in [0.1, 0.15) is 0 Å². The van der Waals surface area contributed by atoms with Crippen LogP contribution in [0.2, 0.25) is 0 Å². The van der Waals surface area contributed by atoms with Crippen molar-refractivity contribution in [3.8, 4) is 0 Å². The molecule has 2 fully saturated rings. The summed E-state index contributed by atoms with van der Waals surface area (Å²) in [6, 6.07) is 8.21. The first-order valence-corrected chi connectivity index (χ1v) is 10.9. The van der Waals surface area contributed by atoms with Crippen LogP contribution in [0.1, 0.15) is 37.8 Å². The summed E-state index contributed by atoms with van der Waals surface area (Å²) in [5.74, 6) is 1.09. The van der Waals surface area contributed by atoms with Crippen LogP contribution < -0.4 is 5.32 Å². The molecule has 1 aromatic rings. The van der Waals surface area contributed by atoms with E-state index in [0.717, 1.165) is 36.6 Å². The van der Waals surface area contributed by atoms with Crippen LogP contribution in [0.5, 0.6) is 0 Å². The van der Waals surface area contributed by atoms with Crippen molar-refractivity contribution >= 4 is 18.0 Å². The second-order valence-electron chi connectivity index (χ2n) is 7.53. The van der Waals surface area contributed by atoms with E-state index in [9.17, 15) is 9.59 Å². The van der Waals surface area contributed by atoms with Gasteiger partial charge in [0.15, 0.2) is 5.96 Å². The number of hydrogen-bond acceptors (Lipinski definition) is 4. The van der Waals surface area contributed by atoms with Gasteiger partial charge in [0.25, 0.3) is 0 Å². The summed E-state index contributed by atoms with van der Waals surface area (Å²) in [5.41, 5.74) is 2.29. The Morgan fingerprint density at radius 3 is 2.40 bits per heavy atom. The number of ether oxygens (including phenoxy) is 1. The van der Waals surface area contributed by atoms with Crippen molar-refractivity contribution in [2.24, 2.45) is 4.99 Å². The van der Waals surface area contributed by atoms with Crippen LogP contribution in [0.3, 0.4) is 0 Å². The van der Waals surface area contributed by atoms with Crippen molar-refractivity contribution in [1.29, 1.82) is 0 Å². The molecule has 0 bridgehead atoms. The number of carbonyl (C=O) groups is 2. The molecule has 0 atom stereocenters. The summed E-state index contributed by atoms with van der Waals surface area (Å²) in [6.07, 6.45) is 1.36. The Labute approximate surface area is 178 Å². The summed E-state index contributed by atoms with van der Waals surface area (Å²) in [7, 11) is 0. The fourth-order valence-electron chi connectivity index (χ4n) is 3.84. The van der Waals surface area contributed by atoms with E-state index in [2.05, 4.69) is 29.3 Å². The number of hydrogen-bond donors (Lipinski definition) is 1. The molecular formula is C22H33N5O3. The van der Waals surface area contributed by atoms with E-state index in [1.54, 1.807) is 4.90 Å². The van der Waals surface area contributed by atoms with Crippen molar-refractivity contribution in [3.63, 3.8) is 0 Å². The Morgan fingerprint density at radius 2 is 1.77 bits per heavy atom. The van der Waals surface area contributed by atoms with Crippen LogP contribution >= 0.6 is 0 Å². The van der Waals surface area contributed by atoms with Crippen LogP contribution in [0, 0.1) is 0 Å². The van der Waals surface area contributed by atoms with Gasteiger partial charge in [0, 0.05) is 52.2 Å². The summed E-state index contributed by atoms with van der Waals surface area (Å²) in [6.45, 7) is 9.77. The van der Waals surface area contributed by atoms with E-state index in [1.807, 2.05) is 24.0 Å². The molecule has 2 aliphatic rings. The fraction of sp³-hybridized carbons (Fsp3) is 0.591. The third-order valence-electron chi connectivity index (χ3n) is 5.49. The fourth-order valence-corrected chi connectivity index (χ4v) is 3.84. The zero-order chi connectivity index (χ0) is 21.3. The first-order chi connectivity index (χ1) is 14.6. The number of amides is 2. The minimum absolute atomic E-state index is 0.237. The van der Waals surface area contributed by atoms with Gasteiger partial charge in [-0.15, -0.1) is 0 Å². The molecule has 1 N–H and O–H groups in total. The molecule has 2 saturated heterocycles. The molecule has 8 nitrogen and oxygen atoms in total. The Morgan fingerprint density at radius 1 is 1.07 bits per heavy atom. The van der Waals surface area contributed by atoms with Gasteiger partial charge in [0.05, 0.1) is 13.2 Å². The highest BCUT2D eigenvalue weighted by atomic mass is 16.6. The molecule has 0 saturated carbocycles. The quantitative estimate of drug-likeness (QED) is 0.568. The Hall–Kier alpha value is -2.77. The number of piperazine rings is 1. The Kier molecular flexibility index (Phi) is 7.93. The average molecular weight is 416 g/mol. The van der Waals surface area contributed by atoms with Crippen LogP contribution in [-0.4, -0.2) is 78.5 Å². The topological polar surface area (TPSA) is 77.5 Å². The second-order valence-corrected chi connectivity index (χ2v) is 7.53. The molecule has 2 amide bonds. The number of rotatable bonds is 6. The molecule has 0 aliphatic carbocycles. The van der Waals surface area contributed by atoms with Gasteiger partial charge >= 0.3 is 6.09 Å². The number of benzene rings is 1. The zero-order valence-corrected chi connectivity index (χ0v) is 18.1. The molecule has 1 aromatic carbocycles. The van der Waals surface area contributed by atoms with Gasteiger partial charge in [0.2, 0.25) is 5.91 Å². The van der Waals surface area contributed by atoms with Gasteiger partial charge in [-0.2, -0.15) is 0 Å². The maximum atomic E-state index is 12.0. The highest BCUT2D eigenvalue weighted by Gasteiger charge is 2.24. The largest absolute Gasteiger partial charge is 0.450 e. The van der Waals surface area contributed by atoms with Crippen molar-refractivity contribution in [3.05, 3.63) is 35.4 Å². The maximum Gasteiger partial charge on any atom is 0.409 e. The highest BCUT2D eigenvalue weighted by Crippen LogP contribution is 2.18.